The molecule has 0 saturated heterocycles. The van der Waals surface area contributed by atoms with Crippen LogP contribution in [0.15, 0.2) is 0 Å². The van der Waals surface area contributed by atoms with Gasteiger partial charge in [0.1, 0.15) is 0 Å². The van der Waals surface area contributed by atoms with Crippen LogP contribution < -0.4 is 0 Å². The Hall–Kier alpha value is 2.84. The second kappa shape index (κ2) is 28.9. The van der Waals surface area contributed by atoms with E-state index in [9.17, 15) is 0 Å². The Kier molecular flexibility index (Phi) is 263. The molecule has 0 aromatic rings. The summed E-state index contributed by atoms with van der Waals surface area (Å²) in [4.78, 5) is 0. The van der Waals surface area contributed by atoms with E-state index in [1.54, 1.807) is 0 Å². The summed E-state index contributed by atoms with van der Waals surface area (Å²) in [5, 5.41) is 0. The molecule has 0 saturated carbocycles. The minimum atomic E-state index is 0. The van der Waals surface area contributed by atoms with Crippen LogP contribution in [0.2, 0.25) is 0 Å². The van der Waals surface area contributed by atoms with Crippen LogP contribution in [0.3, 0.4) is 0 Å². The molecular weight excluding hydrogens is 259 g/mol. The van der Waals surface area contributed by atoms with E-state index in [-0.39, 0.29) is 105 Å². The molecule has 0 aromatic carbocycles. The summed E-state index contributed by atoms with van der Waals surface area (Å²) in [5.74, 6) is 0. The van der Waals surface area contributed by atoms with Gasteiger partial charge in [-0.05, 0) is 11.0 Å². The Morgan fingerprint density at radius 3 is 1.20 bits per heavy atom. The number of hydrogen-bond donors (Lipinski definition) is 0. The minimum Gasteiger partial charge on any atom is -1.00 e. The Morgan fingerprint density at radius 2 is 1.20 bits per heavy atom. The second-order valence-corrected chi connectivity index (χ2v) is 0. The minimum absolute atomic E-state index is 0. The molecule has 33 valence electrons. The van der Waals surface area contributed by atoms with Gasteiger partial charge in [-0.3, -0.25) is 0 Å². The summed E-state index contributed by atoms with van der Waals surface area (Å²) >= 11 is 0. The van der Waals surface area contributed by atoms with Crippen LogP contribution in [0.25, 0.3) is 0 Å². The first-order valence-electron chi connectivity index (χ1n) is 0. The summed E-state index contributed by atoms with van der Waals surface area (Å²) < 4.78 is 0. The molecule has 0 rings (SSSR count). The van der Waals surface area contributed by atoms with E-state index in [0.717, 1.165) is 0 Å². The zero-order valence-corrected chi connectivity index (χ0v) is 6.71. The largest absolute Gasteiger partial charge is 2.00 e. The molecule has 0 N–H and O–H groups in total. The topological polar surface area (TPSA) is 0 Å². The van der Waals surface area contributed by atoms with Crippen molar-refractivity contribution in [2.45, 2.75) is 7.43 Å². The SMILES string of the molecule is C.[AlH3].[Ba+2].[H-].[H-].[Mn].[SiH4]. The van der Waals surface area contributed by atoms with Crippen LogP contribution in [-0.4, -0.2) is 77.2 Å². The smallest absolute Gasteiger partial charge is 1.00 e. The molecule has 4 heteroatoms. The van der Waals surface area contributed by atoms with E-state index >= 15 is 0 Å². The van der Waals surface area contributed by atoms with Gasteiger partial charge in [-0.25, -0.2) is 0 Å². The predicted octanol–water partition coefficient (Wildman–Crippen LogP) is -2.16. The number of rotatable bonds is 0. The molecule has 0 aliphatic rings. The van der Waals surface area contributed by atoms with Gasteiger partial charge in [0.15, 0.2) is 17.4 Å². The van der Waals surface area contributed by atoms with Crippen LogP contribution in [-0.2, 0) is 17.1 Å². The third-order valence-corrected chi connectivity index (χ3v) is 0. The maximum Gasteiger partial charge on any atom is 2.00 e. The average molecular weight is 272 g/mol. The fourth-order valence-electron chi connectivity index (χ4n) is 0. The first-order chi connectivity index (χ1) is 0. The molecule has 0 unspecified atom stereocenters. The van der Waals surface area contributed by atoms with E-state index in [4.69, 9.17) is 0 Å². The quantitative estimate of drug-likeness (QED) is 0.441. The molecule has 0 fully saturated rings. The van der Waals surface area contributed by atoms with E-state index < -0.39 is 0 Å². The molecule has 5 heavy (non-hydrogen) atoms. The molecule has 0 bridgehead atoms. The van der Waals surface area contributed by atoms with Crippen molar-refractivity contribution in [1.29, 1.82) is 0 Å². The van der Waals surface area contributed by atoms with Crippen molar-refractivity contribution in [1.82, 2.24) is 0 Å². The van der Waals surface area contributed by atoms with E-state index in [1.807, 2.05) is 0 Å². The molecule has 0 heterocycles. The van der Waals surface area contributed by atoms with Gasteiger partial charge in [0, 0.05) is 17.1 Å². The van der Waals surface area contributed by atoms with Crippen molar-refractivity contribution >= 4 is 77.2 Å². The maximum absolute atomic E-state index is 0. The van der Waals surface area contributed by atoms with Gasteiger partial charge in [0.2, 0.25) is 0 Å². The summed E-state index contributed by atoms with van der Waals surface area (Å²) in [6, 6.07) is 0. The van der Waals surface area contributed by atoms with Crippen LogP contribution in [0.5, 0.6) is 0 Å². The van der Waals surface area contributed by atoms with Crippen molar-refractivity contribution in [2.75, 3.05) is 0 Å². The maximum atomic E-state index is 0. The summed E-state index contributed by atoms with van der Waals surface area (Å²) in [6.07, 6.45) is 0. The van der Waals surface area contributed by atoms with Crippen LogP contribution in [0.4, 0.5) is 0 Å². The fourth-order valence-corrected chi connectivity index (χ4v) is 0. The van der Waals surface area contributed by atoms with Crippen molar-refractivity contribution in [2.24, 2.45) is 0 Å². The van der Waals surface area contributed by atoms with Crippen molar-refractivity contribution in [3.63, 3.8) is 0 Å². The zero-order chi connectivity index (χ0) is 0. The van der Waals surface area contributed by atoms with Gasteiger partial charge in [0.25, 0.3) is 0 Å². The Balaban J connectivity index is 0. The first kappa shape index (κ1) is 45.5. The van der Waals surface area contributed by atoms with Gasteiger partial charge < -0.3 is 2.85 Å². The van der Waals surface area contributed by atoms with Gasteiger partial charge in [-0.1, -0.05) is 7.43 Å². The molecule has 0 aromatic heterocycles. The van der Waals surface area contributed by atoms with Crippen molar-refractivity contribution < 1.29 is 19.9 Å². The molecule has 0 atom stereocenters. The molecule has 0 spiro atoms. The normalized spacial score (nSPS) is 0. The molecule has 0 aliphatic carbocycles. The van der Waals surface area contributed by atoms with E-state index in [1.165, 1.54) is 0 Å². The standard InChI is InChI=1S/CH4.Al.Ba.Mn.H4Si.5H/h1H4;;;;1H4;;;;;/q;;+2;;;;;;2*-1. The third kappa shape index (κ3) is 19.9. The molecular formula is CH13AlBaMnSi. The summed E-state index contributed by atoms with van der Waals surface area (Å²) in [7, 11) is 0. The monoisotopic (exact) mass is 273 g/mol. The Bertz CT molecular complexity index is 17.7. The van der Waals surface area contributed by atoms with Gasteiger partial charge in [-0.2, -0.15) is 0 Å². The van der Waals surface area contributed by atoms with Crippen molar-refractivity contribution in [3.8, 4) is 0 Å². The fraction of sp³-hybridized carbons (Fsp3) is 1.00. The molecule has 0 aliphatic heterocycles. The predicted molar refractivity (Wildman–Crippen MR) is 36.0 cm³/mol. The van der Waals surface area contributed by atoms with E-state index in [0.29, 0.717) is 0 Å². The van der Waals surface area contributed by atoms with Gasteiger partial charge >= 0.3 is 48.9 Å². The second-order valence-electron chi connectivity index (χ2n) is 0. The first-order valence-corrected chi connectivity index (χ1v) is 0. The number of hydrogen-bond acceptors (Lipinski definition) is 0. The third-order valence-electron chi connectivity index (χ3n) is 0. The van der Waals surface area contributed by atoms with Crippen LogP contribution in [0.1, 0.15) is 10.3 Å². The zero-order valence-electron chi connectivity index (χ0n) is 3.09. The van der Waals surface area contributed by atoms with Crippen LogP contribution >= 0.6 is 0 Å². The molecule has 0 amide bonds. The van der Waals surface area contributed by atoms with Crippen molar-refractivity contribution in [3.05, 3.63) is 0 Å². The van der Waals surface area contributed by atoms with Gasteiger partial charge in [-0.15, -0.1) is 0 Å². The van der Waals surface area contributed by atoms with E-state index in [2.05, 4.69) is 0 Å². The summed E-state index contributed by atoms with van der Waals surface area (Å²) in [5.41, 5.74) is 0. The molecule has 1 radical (unpaired) electrons. The van der Waals surface area contributed by atoms with Gasteiger partial charge in [0.05, 0.1) is 0 Å². The Labute approximate surface area is 103 Å². The summed E-state index contributed by atoms with van der Waals surface area (Å²) in [6.45, 7) is 0. The Morgan fingerprint density at radius 1 is 1.20 bits per heavy atom. The molecule has 0 nitrogen and oxygen atoms in total. The van der Waals surface area contributed by atoms with Crippen LogP contribution in [0, 0.1) is 0 Å². The average Bonchev–Trinajstić information content (AvgIpc) is 0.